The fourth-order valence-corrected chi connectivity index (χ4v) is 4.67. The quantitative estimate of drug-likeness (QED) is 0.301. The Kier molecular flexibility index (Phi) is 33.8. The largest absolute Gasteiger partial charge is 2.00 e. The van der Waals surface area contributed by atoms with E-state index >= 15 is 0 Å². The Morgan fingerprint density at radius 2 is 1.26 bits per heavy atom. The van der Waals surface area contributed by atoms with Gasteiger partial charge in [-0.1, -0.05) is 0 Å². The van der Waals surface area contributed by atoms with Crippen LogP contribution in [0.15, 0.2) is 0 Å². The van der Waals surface area contributed by atoms with Crippen molar-refractivity contribution in [2.45, 2.75) is 13.3 Å². The van der Waals surface area contributed by atoms with Gasteiger partial charge in [-0.3, -0.25) is 0 Å². The maximum Gasteiger partial charge on any atom is 2.00 e. The first-order valence-electron chi connectivity index (χ1n) is 5.53. The predicted molar refractivity (Wildman–Crippen MR) is 98.8 cm³/mol. The Labute approximate surface area is 169 Å². The topological polar surface area (TPSA) is 6.48 Å². The molecule has 114 valence electrons. The first-order valence-corrected chi connectivity index (χ1v) is 15.2. The van der Waals surface area contributed by atoms with Gasteiger partial charge in [0.2, 0.25) is 0 Å². The molecular weight excluding hydrogens is 511 g/mol. The number of likely N-dealkylation sites (N-methyl/N-ethyl adjacent to an activating group) is 2. The molecule has 0 aromatic rings. The molecule has 0 bridgehead atoms. The molecule has 0 fully saturated rings. The molecule has 19 heavy (non-hydrogen) atoms. The maximum atomic E-state index is 4.76. The fourth-order valence-electron chi connectivity index (χ4n) is 0.674. The van der Waals surface area contributed by atoms with Gasteiger partial charge in [0, 0.05) is 13.1 Å². The first kappa shape index (κ1) is 30.2. The van der Waals surface area contributed by atoms with Crippen LogP contribution in [0.2, 0.25) is 0 Å². The van der Waals surface area contributed by atoms with E-state index in [1.54, 1.807) is 0 Å². The molecular formula is C10H25Cl2MgN2PSe3. The molecule has 0 saturated heterocycles. The van der Waals surface area contributed by atoms with Crippen LogP contribution in [0, 0.1) is 0 Å². The molecule has 0 heterocycles. The minimum atomic E-state index is -0.791. The summed E-state index contributed by atoms with van der Waals surface area (Å²) in [5.41, 5.74) is 0. The van der Waals surface area contributed by atoms with Crippen molar-refractivity contribution < 1.29 is 0 Å². The van der Waals surface area contributed by atoms with E-state index in [1.165, 1.54) is 12.6 Å². The van der Waals surface area contributed by atoms with E-state index in [9.17, 15) is 0 Å². The molecule has 0 spiro atoms. The Morgan fingerprint density at radius 3 is 1.32 bits per heavy atom. The SMILES string of the molecule is CCCP(=[Se])([Se-])[Se-].CN(C)CCN(C)C.ClCCl.[Mg+2]. The van der Waals surface area contributed by atoms with Crippen LogP contribution < -0.4 is 0 Å². The van der Waals surface area contributed by atoms with Crippen LogP contribution in [0.4, 0.5) is 0 Å². The molecule has 0 radical (unpaired) electrons. The molecule has 0 aliphatic heterocycles. The molecule has 0 aromatic heterocycles. The van der Waals surface area contributed by atoms with Crippen LogP contribution >= 0.6 is 26.1 Å². The van der Waals surface area contributed by atoms with Gasteiger partial charge in [0.1, 0.15) is 0 Å². The van der Waals surface area contributed by atoms with Crippen molar-refractivity contribution >= 4 is 95.4 Å². The Balaban J connectivity index is -0.0000000946. The van der Waals surface area contributed by atoms with Crippen molar-refractivity contribution in [3.8, 4) is 0 Å². The van der Waals surface area contributed by atoms with Gasteiger partial charge in [0.15, 0.2) is 0 Å². The Bertz CT molecular complexity index is 199. The van der Waals surface area contributed by atoms with E-state index in [2.05, 4.69) is 91.2 Å². The van der Waals surface area contributed by atoms with E-state index in [4.69, 9.17) is 23.2 Å². The average Bonchev–Trinajstić information content (AvgIpc) is 2.15. The number of nitrogens with zero attached hydrogens (tertiary/aromatic N) is 2. The van der Waals surface area contributed by atoms with Gasteiger partial charge in [-0.15, -0.1) is 23.2 Å². The number of hydrogen-bond donors (Lipinski definition) is 0. The molecule has 0 saturated carbocycles. The van der Waals surface area contributed by atoms with Crippen molar-refractivity contribution in [2.75, 3.05) is 52.8 Å². The summed E-state index contributed by atoms with van der Waals surface area (Å²) in [7, 11) is 8.35. The van der Waals surface area contributed by atoms with Gasteiger partial charge in [-0.2, -0.15) is 0 Å². The summed E-state index contributed by atoms with van der Waals surface area (Å²) < 4.78 is -0.791. The number of hydrogen-bond acceptors (Lipinski definition) is 2. The Hall–Kier alpha value is 3.25. The van der Waals surface area contributed by atoms with E-state index in [0.717, 1.165) is 13.1 Å². The van der Waals surface area contributed by atoms with Gasteiger partial charge in [0.05, 0.1) is 5.34 Å². The summed E-state index contributed by atoms with van der Waals surface area (Å²) in [6.07, 6.45) is 2.55. The van der Waals surface area contributed by atoms with Crippen LogP contribution in [0.1, 0.15) is 13.3 Å². The van der Waals surface area contributed by atoms with Crippen molar-refractivity contribution in [2.24, 2.45) is 0 Å². The third kappa shape index (κ3) is 52.5. The number of halogens is 2. The minimum Gasteiger partial charge on any atom is -0.308 e. The van der Waals surface area contributed by atoms with Crippen molar-refractivity contribution in [1.82, 2.24) is 9.80 Å². The average molecular weight is 536 g/mol. The Morgan fingerprint density at radius 1 is 1.00 bits per heavy atom. The number of alkyl halides is 2. The zero-order valence-electron chi connectivity index (χ0n) is 12.6. The molecule has 0 rings (SSSR count). The van der Waals surface area contributed by atoms with Crippen molar-refractivity contribution in [3.05, 3.63) is 0 Å². The maximum absolute atomic E-state index is 4.76. The molecule has 0 aliphatic rings. The molecule has 0 atom stereocenters. The monoisotopic (exact) mass is 538 g/mol. The third-order valence-corrected chi connectivity index (χ3v) is 5.93. The van der Waals surface area contributed by atoms with E-state index in [1.807, 2.05) is 0 Å². The summed E-state index contributed by atoms with van der Waals surface area (Å²) in [4.78, 5) is 4.36. The molecule has 0 unspecified atom stereocenters. The van der Waals surface area contributed by atoms with E-state index in [-0.39, 0.29) is 28.4 Å². The first-order chi connectivity index (χ1) is 8.10. The predicted octanol–water partition coefficient (Wildman–Crippen LogP) is 1.81. The van der Waals surface area contributed by atoms with Crippen molar-refractivity contribution in [3.63, 3.8) is 0 Å². The van der Waals surface area contributed by atoms with Crippen LogP contribution in [-0.4, -0.2) is 132 Å². The van der Waals surface area contributed by atoms with Gasteiger partial charge < -0.3 is 9.80 Å². The summed E-state index contributed by atoms with van der Waals surface area (Å²) in [6.45, 7) is 4.49. The molecule has 9 heteroatoms. The van der Waals surface area contributed by atoms with Gasteiger partial charge in [-0.25, -0.2) is 0 Å². The summed E-state index contributed by atoms with van der Waals surface area (Å²) in [6, 6.07) is 0. The fraction of sp³-hybridized carbons (Fsp3) is 1.00. The molecule has 0 N–H and O–H groups in total. The summed E-state index contributed by atoms with van der Waals surface area (Å²) >= 11 is 18.9. The second kappa shape index (κ2) is 21.3. The van der Waals surface area contributed by atoms with E-state index in [0.29, 0.717) is 0 Å². The van der Waals surface area contributed by atoms with Crippen LogP contribution in [0.25, 0.3) is 0 Å². The second-order valence-electron chi connectivity index (χ2n) is 4.04. The number of rotatable bonds is 5. The second-order valence-corrected chi connectivity index (χ2v) is 28.8. The van der Waals surface area contributed by atoms with E-state index < -0.39 is 2.89 Å². The molecule has 2 nitrogen and oxygen atoms in total. The normalized spacial score (nSPS) is 10.1. The van der Waals surface area contributed by atoms with Crippen LogP contribution in [0.3, 0.4) is 0 Å². The van der Waals surface area contributed by atoms with Crippen molar-refractivity contribution in [1.29, 1.82) is 0 Å². The minimum absolute atomic E-state index is 0. The summed E-state index contributed by atoms with van der Waals surface area (Å²) in [5, 5.41) is 0.194. The molecule has 0 aromatic carbocycles. The standard InChI is InChI=1S/C6H16N2.C3H9PSe3.CH2Cl2.Mg/c1-7(2)5-6-8(3)4;1-2-3-4(5,6)7;2-1-3;/h5-6H2,1-4H3;2-3H2,1H3,(H2,5,6,7);1H2;/q;;;+2/p-2. The zero-order chi connectivity index (χ0) is 15.2. The van der Waals surface area contributed by atoms with Gasteiger partial charge in [-0.05, 0) is 28.2 Å². The van der Waals surface area contributed by atoms with Crippen LogP contribution in [0.5, 0.6) is 0 Å². The van der Waals surface area contributed by atoms with Crippen LogP contribution in [-0.2, 0) is 0 Å². The third-order valence-electron chi connectivity index (χ3n) is 1.49. The summed E-state index contributed by atoms with van der Waals surface area (Å²) in [5.74, 6) is 0. The van der Waals surface area contributed by atoms with Gasteiger partial charge in [0.25, 0.3) is 0 Å². The molecule has 0 aliphatic carbocycles. The smallest absolute Gasteiger partial charge is 0.308 e. The van der Waals surface area contributed by atoms with Gasteiger partial charge >= 0.3 is 91.7 Å². The molecule has 0 amide bonds. The zero-order valence-corrected chi connectivity index (χ0v) is 21.5.